The number of aromatic nitrogens is 3. The molecule has 0 aliphatic carbocycles. The Hall–Kier alpha value is -2.80. The molecule has 5 nitrogen and oxygen atoms in total. The van der Waals surface area contributed by atoms with Crippen molar-refractivity contribution >= 4 is 23.3 Å². The lowest BCUT2D eigenvalue weighted by atomic mass is 10.1. The lowest BCUT2D eigenvalue weighted by Crippen LogP contribution is -2.13. The second kappa shape index (κ2) is 7.84. The molecule has 3 aromatic rings. The standard InChI is InChI=1S/C19H17ClF2N4O/c1-10-9-23-6-5-13(10)18-11(2)19(26-25-18)24-16(27)4-3-12-7-14(21)17(20)15(22)8-12/h5-9H,3-4H2,1-2H3,(H2,24,25,26,27). The first-order valence-corrected chi connectivity index (χ1v) is 8.64. The molecule has 0 aliphatic heterocycles. The molecule has 8 heteroatoms. The van der Waals surface area contributed by atoms with Gasteiger partial charge in [-0.15, -0.1) is 0 Å². The molecule has 0 unspecified atom stereocenters. The molecule has 0 aliphatic rings. The van der Waals surface area contributed by atoms with Crippen molar-refractivity contribution in [1.29, 1.82) is 0 Å². The fourth-order valence-corrected chi connectivity index (χ4v) is 2.85. The molecule has 2 heterocycles. The van der Waals surface area contributed by atoms with Crippen molar-refractivity contribution in [2.75, 3.05) is 5.32 Å². The Morgan fingerprint density at radius 1 is 1.26 bits per heavy atom. The van der Waals surface area contributed by atoms with E-state index >= 15 is 0 Å². The van der Waals surface area contributed by atoms with Gasteiger partial charge in [0.25, 0.3) is 0 Å². The summed E-state index contributed by atoms with van der Waals surface area (Å²) in [5.41, 5.74) is 3.88. The van der Waals surface area contributed by atoms with Gasteiger partial charge in [-0.05, 0) is 49.6 Å². The Bertz CT molecular complexity index is 980. The van der Waals surface area contributed by atoms with Crippen LogP contribution >= 0.6 is 11.6 Å². The summed E-state index contributed by atoms with van der Waals surface area (Å²) in [4.78, 5) is 16.3. The van der Waals surface area contributed by atoms with E-state index in [0.29, 0.717) is 11.4 Å². The SMILES string of the molecule is Cc1cnccc1-c1[nH]nc(NC(=O)CCc2cc(F)c(Cl)c(F)c2)c1C. The number of nitrogens with one attached hydrogen (secondary N) is 2. The van der Waals surface area contributed by atoms with E-state index in [-0.39, 0.29) is 18.7 Å². The molecule has 0 spiro atoms. The average molecular weight is 391 g/mol. The molecule has 2 aromatic heterocycles. The molecule has 0 saturated heterocycles. The van der Waals surface area contributed by atoms with E-state index in [0.717, 1.165) is 34.5 Å². The quantitative estimate of drug-likeness (QED) is 0.626. The largest absolute Gasteiger partial charge is 0.309 e. The van der Waals surface area contributed by atoms with Gasteiger partial charge in [-0.25, -0.2) is 8.78 Å². The highest BCUT2D eigenvalue weighted by Crippen LogP contribution is 2.28. The Balaban J connectivity index is 1.68. The summed E-state index contributed by atoms with van der Waals surface area (Å²) in [6.45, 7) is 3.78. The number of H-pyrrole nitrogens is 1. The van der Waals surface area contributed by atoms with Crippen molar-refractivity contribution in [2.45, 2.75) is 26.7 Å². The minimum atomic E-state index is -0.840. The maximum absolute atomic E-state index is 13.5. The van der Waals surface area contributed by atoms with Crippen molar-refractivity contribution in [3.05, 3.63) is 63.9 Å². The minimum Gasteiger partial charge on any atom is -0.309 e. The third-order valence-corrected chi connectivity index (χ3v) is 4.60. The molecular formula is C19H17ClF2N4O. The number of nitrogens with zero attached hydrogens (tertiary/aromatic N) is 2. The zero-order valence-electron chi connectivity index (χ0n) is 14.7. The van der Waals surface area contributed by atoms with Crippen molar-refractivity contribution in [3.63, 3.8) is 0 Å². The molecule has 27 heavy (non-hydrogen) atoms. The van der Waals surface area contributed by atoms with Crippen LogP contribution in [0.5, 0.6) is 0 Å². The van der Waals surface area contributed by atoms with Crippen LogP contribution in [0.2, 0.25) is 5.02 Å². The van der Waals surface area contributed by atoms with Gasteiger partial charge in [0, 0.05) is 29.9 Å². The number of halogens is 3. The Labute approximate surface area is 159 Å². The number of hydrogen-bond donors (Lipinski definition) is 2. The van der Waals surface area contributed by atoms with E-state index in [9.17, 15) is 13.6 Å². The molecule has 0 saturated carbocycles. The highest BCUT2D eigenvalue weighted by atomic mass is 35.5. The summed E-state index contributed by atoms with van der Waals surface area (Å²) in [6.07, 6.45) is 3.66. The summed E-state index contributed by atoms with van der Waals surface area (Å²) < 4.78 is 26.9. The van der Waals surface area contributed by atoms with Crippen LogP contribution in [-0.2, 0) is 11.2 Å². The number of carbonyl (C=O) groups is 1. The maximum Gasteiger partial charge on any atom is 0.225 e. The van der Waals surface area contributed by atoms with Crippen molar-refractivity contribution in [1.82, 2.24) is 15.2 Å². The number of hydrogen-bond acceptors (Lipinski definition) is 3. The smallest absolute Gasteiger partial charge is 0.225 e. The number of aryl methyl sites for hydroxylation is 2. The van der Waals surface area contributed by atoms with Gasteiger partial charge in [-0.1, -0.05) is 11.6 Å². The van der Waals surface area contributed by atoms with Gasteiger partial charge in [0.15, 0.2) is 5.82 Å². The highest BCUT2D eigenvalue weighted by molar-refractivity contribution is 6.30. The molecule has 140 valence electrons. The van der Waals surface area contributed by atoms with Gasteiger partial charge in [-0.3, -0.25) is 14.9 Å². The van der Waals surface area contributed by atoms with Crippen molar-refractivity contribution < 1.29 is 13.6 Å². The Morgan fingerprint density at radius 3 is 2.63 bits per heavy atom. The van der Waals surface area contributed by atoms with Crippen molar-refractivity contribution in [3.8, 4) is 11.3 Å². The van der Waals surface area contributed by atoms with Gasteiger partial charge in [0.2, 0.25) is 5.91 Å². The molecule has 0 radical (unpaired) electrons. The second-order valence-corrected chi connectivity index (χ2v) is 6.56. The summed E-state index contributed by atoms with van der Waals surface area (Å²) in [5.74, 6) is -1.57. The van der Waals surface area contributed by atoms with Crippen LogP contribution < -0.4 is 5.32 Å². The molecule has 2 N–H and O–H groups in total. The van der Waals surface area contributed by atoms with Crippen LogP contribution in [-0.4, -0.2) is 21.1 Å². The Morgan fingerprint density at radius 2 is 1.96 bits per heavy atom. The van der Waals surface area contributed by atoms with Gasteiger partial charge in [0.05, 0.1) is 5.69 Å². The summed E-state index contributed by atoms with van der Waals surface area (Å²) in [5, 5.41) is 9.25. The second-order valence-electron chi connectivity index (χ2n) is 6.18. The van der Waals surface area contributed by atoms with Gasteiger partial charge in [-0.2, -0.15) is 5.10 Å². The topological polar surface area (TPSA) is 70.7 Å². The Kier molecular flexibility index (Phi) is 5.51. The van der Waals surface area contributed by atoms with Crippen LogP contribution in [0.25, 0.3) is 11.3 Å². The summed E-state index contributed by atoms with van der Waals surface area (Å²) in [7, 11) is 0. The first-order chi connectivity index (χ1) is 12.9. The van der Waals surface area contributed by atoms with Gasteiger partial charge >= 0.3 is 0 Å². The van der Waals surface area contributed by atoms with Crippen LogP contribution in [0.4, 0.5) is 14.6 Å². The number of pyridine rings is 1. The van der Waals surface area contributed by atoms with Gasteiger partial charge < -0.3 is 5.32 Å². The van der Waals surface area contributed by atoms with E-state index in [1.807, 2.05) is 19.9 Å². The zero-order valence-corrected chi connectivity index (χ0v) is 15.5. The van der Waals surface area contributed by atoms with E-state index in [1.54, 1.807) is 12.4 Å². The lowest BCUT2D eigenvalue weighted by molar-refractivity contribution is -0.116. The molecular weight excluding hydrogens is 374 g/mol. The monoisotopic (exact) mass is 390 g/mol. The zero-order chi connectivity index (χ0) is 19.6. The minimum absolute atomic E-state index is 0.0520. The van der Waals surface area contributed by atoms with Crippen LogP contribution in [0, 0.1) is 25.5 Å². The predicted octanol–water partition coefficient (Wildman–Crippen LogP) is 4.59. The molecule has 0 bridgehead atoms. The number of anilines is 1. The summed E-state index contributed by atoms with van der Waals surface area (Å²) >= 11 is 5.46. The van der Waals surface area contributed by atoms with E-state index in [4.69, 9.17) is 11.6 Å². The number of aromatic amines is 1. The number of carbonyl (C=O) groups excluding carboxylic acids is 1. The van der Waals surface area contributed by atoms with E-state index in [1.165, 1.54) is 0 Å². The fourth-order valence-electron chi connectivity index (χ4n) is 2.74. The highest BCUT2D eigenvalue weighted by Gasteiger charge is 2.15. The molecule has 1 amide bonds. The molecule has 1 aromatic carbocycles. The number of amides is 1. The van der Waals surface area contributed by atoms with Crippen molar-refractivity contribution in [2.24, 2.45) is 0 Å². The molecule has 0 fully saturated rings. The van der Waals surface area contributed by atoms with Crippen LogP contribution in [0.3, 0.4) is 0 Å². The third kappa shape index (κ3) is 4.14. The average Bonchev–Trinajstić information content (AvgIpc) is 2.98. The van der Waals surface area contributed by atoms with E-state index < -0.39 is 16.7 Å². The van der Waals surface area contributed by atoms with E-state index in [2.05, 4.69) is 20.5 Å². The number of benzene rings is 1. The van der Waals surface area contributed by atoms with Crippen LogP contribution in [0.15, 0.2) is 30.6 Å². The normalized spacial score (nSPS) is 10.9. The number of rotatable bonds is 5. The van der Waals surface area contributed by atoms with Crippen LogP contribution in [0.1, 0.15) is 23.1 Å². The fraction of sp³-hybridized carbons (Fsp3) is 0.211. The predicted molar refractivity (Wildman–Crippen MR) is 99.6 cm³/mol. The maximum atomic E-state index is 13.5. The first-order valence-electron chi connectivity index (χ1n) is 8.26. The van der Waals surface area contributed by atoms with Gasteiger partial charge in [0.1, 0.15) is 16.7 Å². The third-order valence-electron chi connectivity index (χ3n) is 4.24. The molecule has 0 atom stereocenters. The molecule has 3 rings (SSSR count). The summed E-state index contributed by atoms with van der Waals surface area (Å²) in [6, 6.07) is 4.12. The first kappa shape index (κ1) is 19.0. The lowest BCUT2D eigenvalue weighted by Gasteiger charge is -2.06.